The molecule has 0 saturated heterocycles. The molecular formula is C37H42F3N3O12S. The molecule has 304 valence electrons. The quantitative estimate of drug-likeness (QED) is 0.134. The van der Waals surface area contributed by atoms with Gasteiger partial charge in [-0.25, -0.2) is 0 Å². The summed E-state index contributed by atoms with van der Waals surface area (Å²) in [5.74, 6) is -2.40. The Bertz CT molecular complexity index is 2050. The number of hydrogen-bond acceptors (Lipinski definition) is 14. The standard InChI is InChI=1S/C36H41N3O9.CHF3O3S/c1-22(40)45-20-47-33(42)18-39(19-34(43)48-21-46-23(2)41)31-15-24(9-14-32(31)44-8)35-27-12-10-25(37-5)16-29(27)36(3,4)30-17-26(38(6)7)11-13-28(30)35;2-1(3,4)8(5,6)7/h9-17H,18-21H2,1-8H3;(H,5,6,7). The Morgan fingerprint density at radius 1 is 0.875 bits per heavy atom. The fraction of sp³-hybridized carbons (Fsp3) is 0.378. The fourth-order valence-corrected chi connectivity index (χ4v) is 5.63. The minimum absolute atomic E-state index is 0.361. The van der Waals surface area contributed by atoms with E-state index in [1.807, 2.05) is 32.3 Å². The number of alkyl halides is 3. The van der Waals surface area contributed by atoms with E-state index in [4.69, 9.17) is 36.7 Å². The molecule has 0 spiro atoms. The van der Waals surface area contributed by atoms with E-state index in [9.17, 15) is 32.3 Å². The van der Waals surface area contributed by atoms with Gasteiger partial charge in [0.2, 0.25) is 13.6 Å². The Morgan fingerprint density at radius 2 is 1.43 bits per heavy atom. The molecule has 0 heterocycles. The number of carbonyl (C=O) groups excluding carboxylic acids is 4. The van der Waals surface area contributed by atoms with Gasteiger partial charge < -0.3 is 33.5 Å². The summed E-state index contributed by atoms with van der Waals surface area (Å²) in [6.07, 6.45) is 6.15. The van der Waals surface area contributed by atoms with Crippen LogP contribution in [0.2, 0.25) is 0 Å². The third-order valence-electron chi connectivity index (χ3n) is 8.37. The highest BCUT2D eigenvalue weighted by molar-refractivity contribution is 7.86. The maximum Gasteiger partial charge on any atom is 0.522 e. The van der Waals surface area contributed by atoms with Crippen molar-refractivity contribution in [2.45, 2.75) is 38.6 Å². The molecule has 0 atom stereocenters. The van der Waals surface area contributed by atoms with Crippen molar-refractivity contribution in [1.82, 2.24) is 0 Å². The van der Waals surface area contributed by atoms with Crippen LogP contribution in [0.1, 0.15) is 44.4 Å². The Kier molecular flexibility index (Phi) is 14.6. The van der Waals surface area contributed by atoms with E-state index in [-0.39, 0.29) is 5.41 Å². The number of benzene rings is 2. The van der Waals surface area contributed by atoms with Crippen LogP contribution in [0.4, 0.5) is 24.5 Å². The number of fused-ring (bicyclic) bond motifs is 2. The number of allylic oxidation sites excluding steroid dienone is 5. The summed E-state index contributed by atoms with van der Waals surface area (Å²) in [5.41, 5.74) is 2.44. The second-order valence-electron chi connectivity index (χ2n) is 12.8. The molecule has 56 heavy (non-hydrogen) atoms. The van der Waals surface area contributed by atoms with Gasteiger partial charge in [0.05, 0.1) is 18.5 Å². The van der Waals surface area contributed by atoms with Crippen LogP contribution in [0.25, 0.3) is 5.57 Å². The second-order valence-corrected chi connectivity index (χ2v) is 14.2. The fourth-order valence-electron chi connectivity index (χ4n) is 5.63. The molecule has 2 aliphatic carbocycles. The van der Waals surface area contributed by atoms with Crippen LogP contribution >= 0.6 is 0 Å². The molecule has 0 aromatic heterocycles. The molecule has 0 aliphatic heterocycles. The number of aliphatic imine (C=N–C) groups is 1. The lowest BCUT2D eigenvalue weighted by Crippen LogP contribution is -2.37. The molecule has 2 aromatic rings. The van der Waals surface area contributed by atoms with E-state index in [0.717, 1.165) is 44.8 Å². The maximum absolute atomic E-state index is 12.9. The van der Waals surface area contributed by atoms with E-state index in [0.29, 0.717) is 11.4 Å². The molecule has 4 rings (SSSR count). The van der Waals surface area contributed by atoms with E-state index in [1.54, 1.807) is 13.1 Å². The minimum atomic E-state index is -5.84. The topological polar surface area (TPSA) is 188 Å². The van der Waals surface area contributed by atoms with Crippen molar-refractivity contribution in [2.24, 2.45) is 4.99 Å². The summed E-state index contributed by atoms with van der Waals surface area (Å²) >= 11 is 0. The van der Waals surface area contributed by atoms with Gasteiger partial charge in [0, 0.05) is 46.1 Å². The number of halogens is 3. The lowest BCUT2D eigenvalue weighted by atomic mass is 9.64. The monoisotopic (exact) mass is 809 g/mol. The van der Waals surface area contributed by atoms with Gasteiger partial charge in [0.1, 0.15) is 18.8 Å². The number of nitrogens with zero attached hydrogens (tertiary/aromatic N) is 3. The molecule has 0 radical (unpaired) electrons. The summed E-state index contributed by atoms with van der Waals surface area (Å²) in [5, 5.41) is 0. The number of anilines is 2. The summed E-state index contributed by atoms with van der Waals surface area (Å²) in [6.45, 7) is 4.76. The Morgan fingerprint density at radius 3 is 1.89 bits per heavy atom. The highest BCUT2D eigenvalue weighted by Gasteiger charge is 2.44. The first-order valence-electron chi connectivity index (χ1n) is 16.5. The largest absolute Gasteiger partial charge is 0.522 e. The van der Waals surface area contributed by atoms with Crippen molar-refractivity contribution in [3.05, 3.63) is 82.5 Å². The number of ether oxygens (including phenoxy) is 5. The Labute approximate surface area is 321 Å². The predicted octanol–water partition coefficient (Wildman–Crippen LogP) is 4.75. The van der Waals surface area contributed by atoms with Crippen molar-refractivity contribution >= 4 is 56.7 Å². The van der Waals surface area contributed by atoms with Gasteiger partial charge in [0.15, 0.2) is 0 Å². The third kappa shape index (κ3) is 11.2. The molecule has 19 heteroatoms. The van der Waals surface area contributed by atoms with Gasteiger partial charge >= 0.3 is 39.5 Å². The van der Waals surface area contributed by atoms with Gasteiger partial charge in [-0.3, -0.25) is 28.7 Å². The van der Waals surface area contributed by atoms with Crippen molar-refractivity contribution < 1.29 is 69.0 Å². The van der Waals surface area contributed by atoms with Gasteiger partial charge in [-0.15, -0.1) is 0 Å². The maximum atomic E-state index is 12.9. The summed E-state index contributed by atoms with van der Waals surface area (Å²) in [4.78, 5) is 56.1. The number of esters is 4. The summed E-state index contributed by atoms with van der Waals surface area (Å²) in [6, 6.07) is 11.9. The van der Waals surface area contributed by atoms with E-state index in [2.05, 4.69) is 54.1 Å². The molecular weight excluding hydrogens is 767 g/mol. The predicted molar refractivity (Wildman–Crippen MR) is 199 cm³/mol. The summed E-state index contributed by atoms with van der Waals surface area (Å²) in [7, 11) is 1.41. The van der Waals surface area contributed by atoms with Crippen LogP contribution in [-0.2, 0) is 53.7 Å². The summed E-state index contributed by atoms with van der Waals surface area (Å²) < 4.78 is 82.9. The van der Waals surface area contributed by atoms with Crippen LogP contribution in [0.3, 0.4) is 0 Å². The van der Waals surface area contributed by atoms with Crippen molar-refractivity contribution in [1.29, 1.82) is 0 Å². The number of hydrogen-bond donors (Lipinski definition) is 1. The van der Waals surface area contributed by atoms with Crippen molar-refractivity contribution in [3.8, 4) is 5.75 Å². The molecule has 0 amide bonds. The average Bonchev–Trinajstić information content (AvgIpc) is 3.10. The van der Waals surface area contributed by atoms with E-state index >= 15 is 0 Å². The van der Waals surface area contributed by atoms with Gasteiger partial charge in [-0.1, -0.05) is 32.1 Å². The highest BCUT2D eigenvalue weighted by Crippen LogP contribution is 2.51. The Hall–Kier alpha value is -5.69. The van der Waals surface area contributed by atoms with Crippen LogP contribution in [0.5, 0.6) is 5.75 Å². The zero-order chi connectivity index (χ0) is 42.2. The molecule has 0 fully saturated rings. The average molecular weight is 810 g/mol. The SMILES string of the molecule is CN=C1C=CC2=C(c3ccc(OC)c(N(CC(=O)OCOC(C)=O)CC(=O)OCOC(C)=O)c3)c3ccc(N(C)C)cc3C(C)(C)C2=C1.O=S(=O)(O)C(F)(F)F. The zero-order valence-corrected chi connectivity index (χ0v) is 32.7. The highest BCUT2D eigenvalue weighted by atomic mass is 32.2. The first-order valence-corrected chi connectivity index (χ1v) is 17.9. The molecule has 0 bridgehead atoms. The second kappa shape index (κ2) is 18.3. The normalized spacial score (nSPS) is 14.9. The number of rotatable bonds is 12. The molecule has 0 unspecified atom stereocenters. The molecule has 0 saturated carbocycles. The number of carbonyl (C=O) groups is 4. The minimum Gasteiger partial charge on any atom is -0.495 e. The lowest BCUT2D eigenvalue weighted by molar-refractivity contribution is -0.165. The smallest absolute Gasteiger partial charge is 0.495 e. The molecule has 15 nitrogen and oxygen atoms in total. The first-order chi connectivity index (χ1) is 26.0. The van der Waals surface area contributed by atoms with Gasteiger partial charge in [-0.2, -0.15) is 21.6 Å². The van der Waals surface area contributed by atoms with Gasteiger partial charge in [-0.05, 0) is 69.8 Å². The molecule has 2 aliphatic rings. The van der Waals surface area contributed by atoms with E-state index < -0.39 is 66.2 Å². The number of methoxy groups -OCH3 is 1. The van der Waals surface area contributed by atoms with Crippen molar-refractivity contribution in [2.75, 3.05) is 64.7 Å². The molecule has 1 N–H and O–H groups in total. The van der Waals surface area contributed by atoms with E-state index in [1.165, 1.54) is 25.9 Å². The van der Waals surface area contributed by atoms with Crippen molar-refractivity contribution in [3.63, 3.8) is 0 Å². The first kappa shape index (κ1) is 44.7. The molecule has 2 aromatic carbocycles. The van der Waals surface area contributed by atoms with Crippen LogP contribution in [0.15, 0.2) is 70.8 Å². The third-order valence-corrected chi connectivity index (χ3v) is 8.96. The lowest BCUT2D eigenvalue weighted by Gasteiger charge is -2.40. The van der Waals surface area contributed by atoms with Crippen LogP contribution in [-0.4, -0.2) is 103 Å². The van der Waals surface area contributed by atoms with Crippen LogP contribution in [0, 0.1) is 0 Å². The zero-order valence-electron chi connectivity index (χ0n) is 31.8. The van der Waals surface area contributed by atoms with Crippen LogP contribution < -0.4 is 14.5 Å². The van der Waals surface area contributed by atoms with Gasteiger partial charge in [0.25, 0.3) is 0 Å². The Balaban J connectivity index is 0.000000946.